The van der Waals surface area contributed by atoms with Crippen LogP contribution in [0, 0.1) is 0 Å². The molecular weight excluding hydrogens is 631 g/mol. The Labute approximate surface area is 300 Å². The molecule has 2 aliphatic carbocycles. The SMILES string of the molecule is c1ccc(-c2nc(-n3c4ccccc4c4cc5c(cc43)-c3ccccc3C53c4ccccc4-c4ccccc43)nc3c2ccc2ccccc23)cc1. The molecule has 12 rings (SSSR count). The highest BCUT2D eigenvalue weighted by Gasteiger charge is 2.51. The average molecular weight is 660 g/mol. The van der Waals surface area contributed by atoms with Crippen molar-refractivity contribution in [3.05, 3.63) is 198 Å². The first-order valence-electron chi connectivity index (χ1n) is 17.9. The molecule has 2 aromatic heterocycles. The van der Waals surface area contributed by atoms with E-state index in [4.69, 9.17) is 9.97 Å². The molecule has 0 radical (unpaired) electrons. The summed E-state index contributed by atoms with van der Waals surface area (Å²) in [5.41, 5.74) is 15.3. The van der Waals surface area contributed by atoms with Gasteiger partial charge in [-0.1, -0.05) is 152 Å². The van der Waals surface area contributed by atoms with Crippen molar-refractivity contribution < 1.29 is 0 Å². The highest BCUT2D eigenvalue weighted by molar-refractivity contribution is 6.13. The van der Waals surface area contributed by atoms with E-state index in [1.807, 2.05) is 0 Å². The Kier molecular flexibility index (Phi) is 5.43. The number of hydrogen-bond donors (Lipinski definition) is 0. The summed E-state index contributed by atoms with van der Waals surface area (Å²) in [6, 6.07) is 64.1. The molecule has 0 saturated heterocycles. The molecule has 240 valence electrons. The van der Waals surface area contributed by atoms with Gasteiger partial charge in [0.2, 0.25) is 5.95 Å². The number of nitrogens with zero attached hydrogens (tertiary/aromatic N) is 3. The standard InChI is InChI=1S/C49H29N3/c1-2-15-31(16-3-1)46-37-27-26-30-14-4-5-17-32(30)47(37)51-48(50-46)52-44-25-13-9-21-36(44)39-28-43-38(29-45(39)52)35-20-8-12-24-42(35)49(43)40-22-10-6-18-33(40)34-19-7-11-23-41(34)49/h1-29H. The van der Waals surface area contributed by atoms with Gasteiger partial charge in [-0.2, -0.15) is 0 Å². The zero-order valence-corrected chi connectivity index (χ0v) is 28.1. The van der Waals surface area contributed by atoms with Gasteiger partial charge >= 0.3 is 0 Å². The van der Waals surface area contributed by atoms with Gasteiger partial charge in [-0.3, -0.25) is 4.57 Å². The van der Waals surface area contributed by atoms with Crippen LogP contribution in [0.15, 0.2) is 176 Å². The minimum absolute atomic E-state index is 0.407. The van der Waals surface area contributed by atoms with E-state index >= 15 is 0 Å². The summed E-state index contributed by atoms with van der Waals surface area (Å²) in [5.74, 6) is 0.673. The van der Waals surface area contributed by atoms with Crippen LogP contribution in [0.25, 0.3) is 82.9 Å². The molecule has 10 aromatic rings. The number of benzene rings is 8. The first-order chi connectivity index (χ1) is 25.8. The molecule has 0 aliphatic heterocycles. The number of rotatable bonds is 2. The van der Waals surface area contributed by atoms with E-state index in [0.29, 0.717) is 5.95 Å². The number of hydrogen-bond acceptors (Lipinski definition) is 2. The zero-order valence-electron chi connectivity index (χ0n) is 28.1. The molecule has 0 atom stereocenters. The van der Waals surface area contributed by atoms with E-state index in [-0.39, 0.29) is 0 Å². The maximum atomic E-state index is 5.45. The summed E-state index contributed by atoms with van der Waals surface area (Å²) < 4.78 is 2.29. The fraction of sp³-hybridized carbons (Fsp3) is 0.0204. The van der Waals surface area contributed by atoms with Gasteiger partial charge in [-0.25, -0.2) is 9.97 Å². The molecule has 2 heterocycles. The summed E-state index contributed by atoms with van der Waals surface area (Å²) in [4.78, 5) is 10.9. The van der Waals surface area contributed by atoms with Gasteiger partial charge in [0.25, 0.3) is 0 Å². The normalized spacial score (nSPS) is 13.5. The van der Waals surface area contributed by atoms with Crippen molar-refractivity contribution in [2.24, 2.45) is 0 Å². The molecule has 2 aliphatic rings. The third-order valence-corrected chi connectivity index (χ3v) is 11.6. The van der Waals surface area contributed by atoms with Crippen molar-refractivity contribution in [3.63, 3.8) is 0 Å². The highest BCUT2D eigenvalue weighted by Crippen LogP contribution is 2.63. The summed E-state index contributed by atoms with van der Waals surface area (Å²) in [6.45, 7) is 0. The van der Waals surface area contributed by atoms with Crippen molar-refractivity contribution in [1.82, 2.24) is 14.5 Å². The molecule has 0 unspecified atom stereocenters. The molecular formula is C49H29N3. The van der Waals surface area contributed by atoms with E-state index in [1.54, 1.807) is 0 Å². The predicted molar refractivity (Wildman–Crippen MR) is 213 cm³/mol. The van der Waals surface area contributed by atoms with E-state index in [2.05, 4.69) is 180 Å². The van der Waals surface area contributed by atoms with Crippen molar-refractivity contribution >= 4 is 43.5 Å². The van der Waals surface area contributed by atoms with Crippen LogP contribution in [0.1, 0.15) is 22.3 Å². The Morgan fingerprint density at radius 1 is 0.385 bits per heavy atom. The van der Waals surface area contributed by atoms with E-state index in [0.717, 1.165) is 44.0 Å². The molecule has 3 heteroatoms. The topological polar surface area (TPSA) is 30.7 Å². The molecule has 52 heavy (non-hydrogen) atoms. The Bertz CT molecular complexity index is 3090. The summed E-state index contributed by atoms with van der Waals surface area (Å²) in [7, 11) is 0. The molecule has 0 bridgehead atoms. The zero-order chi connectivity index (χ0) is 34.0. The lowest BCUT2D eigenvalue weighted by atomic mass is 9.70. The maximum absolute atomic E-state index is 5.45. The fourth-order valence-corrected chi connectivity index (χ4v) is 9.54. The first kappa shape index (κ1) is 27.9. The Morgan fingerprint density at radius 3 is 1.71 bits per heavy atom. The lowest BCUT2D eigenvalue weighted by molar-refractivity contribution is 0.795. The second kappa shape index (κ2) is 10.1. The van der Waals surface area contributed by atoms with Crippen molar-refractivity contribution in [2.45, 2.75) is 5.41 Å². The van der Waals surface area contributed by atoms with Crippen LogP contribution in [-0.2, 0) is 5.41 Å². The van der Waals surface area contributed by atoms with Gasteiger partial charge in [0.1, 0.15) is 0 Å². The molecule has 1 spiro atoms. The Morgan fingerprint density at radius 2 is 0.981 bits per heavy atom. The third-order valence-electron chi connectivity index (χ3n) is 11.6. The second-order valence-electron chi connectivity index (χ2n) is 14.1. The molecule has 3 nitrogen and oxygen atoms in total. The van der Waals surface area contributed by atoms with Gasteiger partial charge < -0.3 is 0 Å². The molecule has 0 amide bonds. The van der Waals surface area contributed by atoms with Crippen LogP contribution in [0.4, 0.5) is 0 Å². The predicted octanol–water partition coefficient (Wildman–Crippen LogP) is 11.9. The average Bonchev–Trinajstić information content (AvgIpc) is 3.81. The Balaban J connectivity index is 1.22. The second-order valence-corrected chi connectivity index (χ2v) is 14.1. The van der Waals surface area contributed by atoms with Crippen molar-refractivity contribution in [1.29, 1.82) is 0 Å². The molecule has 0 fully saturated rings. The smallest absolute Gasteiger partial charge is 0.235 e. The monoisotopic (exact) mass is 659 g/mol. The first-order valence-corrected chi connectivity index (χ1v) is 17.9. The third kappa shape index (κ3) is 3.45. The van der Waals surface area contributed by atoms with Gasteiger partial charge in [0.05, 0.1) is 27.7 Å². The van der Waals surface area contributed by atoms with Crippen LogP contribution < -0.4 is 0 Å². The van der Waals surface area contributed by atoms with E-state index < -0.39 is 5.41 Å². The van der Waals surface area contributed by atoms with Gasteiger partial charge in [-0.15, -0.1) is 0 Å². The van der Waals surface area contributed by atoms with E-state index in [9.17, 15) is 0 Å². The Hall–Kier alpha value is -6.84. The minimum Gasteiger partial charge on any atom is -0.278 e. The number of fused-ring (bicyclic) bond motifs is 16. The molecule has 8 aromatic carbocycles. The van der Waals surface area contributed by atoms with Crippen LogP contribution in [-0.4, -0.2) is 14.5 Å². The fourth-order valence-electron chi connectivity index (χ4n) is 9.54. The molecule has 0 N–H and O–H groups in total. The van der Waals surface area contributed by atoms with Crippen LogP contribution in [0.5, 0.6) is 0 Å². The van der Waals surface area contributed by atoms with Gasteiger partial charge in [0, 0.05) is 27.1 Å². The van der Waals surface area contributed by atoms with Crippen LogP contribution >= 0.6 is 0 Å². The lowest BCUT2D eigenvalue weighted by Crippen LogP contribution is -2.25. The van der Waals surface area contributed by atoms with Crippen molar-refractivity contribution in [2.75, 3.05) is 0 Å². The van der Waals surface area contributed by atoms with E-state index in [1.165, 1.54) is 55.3 Å². The number of para-hydroxylation sites is 1. The van der Waals surface area contributed by atoms with Crippen molar-refractivity contribution in [3.8, 4) is 39.5 Å². The summed E-state index contributed by atoms with van der Waals surface area (Å²) in [5, 5.41) is 5.72. The molecule has 0 saturated carbocycles. The lowest BCUT2D eigenvalue weighted by Gasteiger charge is -2.30. The van der Waals surface area contributed by atoms with Crippen LogP contribution in [0.2, 0.25) is 0 Å². The summed E-state index contributed by atoms with van der Waals surface area (Å²) in [6.07, 6.45) is 0. The van der Waals surface area contributed by atoms with Crippen LogP contribution in [0.3, 0.4) is 0 Å². The summed E-state index contributed by atoms with van der Waals surface area (Å²) >= 11 is 0. The van der Waals surface area contributed by atoms with Gasteiger partial charge in [0.15, 0.2) is 0 Å². The maximum Gasteiger partial charge on any atom is 0.235 e. The number of aromatic nitrogens is 3. The largest absolute Gasteiger partial charge is 0.278 e. The van der Waals surface area contributed by atoms with Gasteiger partial charge in [-0.05, 0) is 74.2 Å². The minimum atomic E-state index is -0.407. The quantitative estimate of drug-likeness (QED) is 0.173. The highest BCUT2D eigenvalue weighted by atomic mass is 15.2.